The molecule has 0 radical (unpaired) electrons. The van der Waals surface area contributed by atoms with E-state index < -0.39 is 0 Å². The van der Waals surface area contributed by atoms with Crippen LogP contribution in [0.1, 0.15) is 46.4 Å². The molecule has 5 nitrogen and oxygen atoms in total. The summed E-state index contributed by atoms with van der Waals surface area (Å²) in [6, 6.07) is 24.8. The molecular weight excluding hydrogens is 444 g/mol. The zero-order chi connectivity index (χ0) is 23.5. The molecule has 2 atom stereocenters. The van der Waals surface area contributed by atoms with Crippen molar-refractivity contribution in [3.63, 3.8) is 0 Å². The molecule has 1 heterocycles. The van der Waals surface area contributed by atoms with Crippen molar-refractivity contribution in [1.29, 1.82) is 0 Å². The van der Waals surface area contributed by atoms with Gasteiger partial charge in [-0.1, -0.05) is 67.1 Å². The van der Waals surface area contributed by atoms with E-state index in [1.165, 1.54) is 4.90 Å². The van der Waals surface area contributed by atoms with Crippen LogP contribution in [-0.4, -0.2) is 29.2 Å². The van der Waals surface area contributed by atoms with E-state index in [-0.39, 0.29) is 36.1 Å². The Morgan fingerprint density at radius 1 is 0.824 bits per heavy atom. The van der Waals surface area contributed by atoms with Crippen molar-refractivity contribution in [1.82, 2.24) is 4.90 Å². The van der Waals surface area contributed by atoms with Crippen LogP contribution < -0.4 is 5.32 Å². The van der Waals surface area contributed by atoms with E-state index in [4.69, 9.17) is 0 Å². The number of nitrogens with zero attached hydrogens (tertiary/aromatic N) is 1. The molecular formula is C28H26N2O3S. The number of imide groups is 1. The average Bonchev–Trinajstić information content (AvgIpc) is 3.11. The first-order valence-electron chi connectivity index (χ1n) is 11.7. The maximum atomic E-state index is 13.4. The van der Waals surface area contributed by atoms with Gasteiger partial charge in [-0.15, -0.1) is 0 Å². The third kappa shape index (κ3) is 4.50. The summed E-state index contributed by atoms with van der Waals surface area (Å²) in [4.78, 5) is 42.6. The Labute approximate surface area is 203 Å². The fourth-order valence-electron chi connectivity index (χ4n) is 4.91. The largest absolute Gasteiger partial charge is 0.325 e. The molecule has 1 aliphatic carbocycles. The number of hydrogen-bond acceptors (Lipinski definition) is 4. The Bertz CT molecular complexity index is 1190. The van der Waals surface area contributed by atoms with Gasteiger partial charge in [-0.2, -0.15) is 0 Å². The molecule has 0 aromatic heterocycles. The first-order chi connectivity index (χ1) is 16.6. The van der Waals surface area contributed by atoms with Crippen molar-refractivity contribution >= 4 is 35.2 Å². The number of benzene rings is 3. The number of hydrogen-bond donors (Lipinski definition) is 1. The Balaban J connectivity index is 1.31. The summed E-state index contributed by atoms with van der Waals surface area (Å²) in [6.07, 6.45) is 3.55. The van der Waals surface area contributed by atoms with Crippen LogP contribution in [0.15, 0.2) is 88.7 Å². The molecule has 0 spiro atoms. The number of amides is 3. The summed E-state index contributed by atoms with van der Waals surface area (Å²) < 4.78 is 0. The van der Waals surface area contributed by atoms with E-state index in [1.54, 1.807) is 36.0 Å². The molecule has 6 heteroatoms. The summed E-state index contributed by atoms with van der Waals surface area (Å²) in [5.74, 6) is -0.843. The highest BCUT2D eigenvalue weighted by Gasteiger charge is 2.40. The first kappa shape index (κ1) is 22.4. The fourth-order valence-corrected chi connectivity index (χ4v) is 5.83. The highest BCUT2D eigenvalue weighted by molar-refractivity contribution is 7.99. The second-order valence-corrected chi connectivity index (χ2v) is 9.93. The van der Waals surface area contributed by atoms with E-state index in [1.807, 2.05) is 54.6 Å². The zero-order valence-corrected chi connectivity index (χ0v) is 19.6. The van der Waals surface area contributed by atoms with E-state index in [2.05, 4.69) is 5.32 Å². The van der Waals surface area contributed by atoms with E-state index in [9.17, 15) is 14.4 Å². The van der Waals surface area contributed by atoms with Crippen molar-refractivity contribution in [2.24, 2.45) is 11.8 Å². The molecule has 3 aromatic rings. The van der Waals surface area contributed by atoms with Crippen LogP contribution >= 0.6 is 11.8 Å². The van der Waals surface area contributed by atoms with Gasteiger partial charge in [0.15, 0.2) is 0 Å². The van der Waals surface area contributed by atoms with E-state index >= 15 is 0 Å². The second kappa shape index (κ2) is 9.85. The maximum Gasteiger partial charge on any atom is 0.261 e. The highest BCUT2D eigenvalue weighted by Crippen LogP contribution is 2.36. The van der Waals surface area contributed by atoms with Crippen LogP contribution in [0.4, 0.5) is 5.69 Å². The monoisotopic (exact) mass is 470 g/mol. The lowest BCUT2D eigenvalue weighted by Crippen LogP contribution is -2.41. The minimum Gasteiger partial charge on any atom is -0.325 e. The second-order valence-electron chi connectivity index (χ2n) is 8.82. The van der Waals surface area contributed by atoms with Gasteiger partial charge in [0.05, 0.1) is 16.8 Å². The summed E-state index contributed by atoms with van der Waals surface area (Å²) in [5, 5.41) is 3.15. The third-order valence-electron chi connectivity index (χ3n) is 6.66. The lowest BCUT2D eigenvalue weighted by molar-refractivity contribution is -0.122. The van der Waals surface area contributed by atoms with Crippen LogP contribution in [0.2, 0.25) is 0 Å². The van der Waals surface area contributed by atoms with Gasteiger partial charge in [-0.3, -0.25) is 19.3 Å². The molecule has 0 saturated heterocycles. The van der Waals surface area contributed by atoms with Crippen LogP contribution in [0.25, 0.3) is 0 Å². The van der Waals surface area contributed by atoms with Gasteiger partial charge in [0, 0.05) is 22.3 Å². The molecule has 172 valence electrons. The summed E-state index contributed by atoms with van der Waals surface area (Å²) >= 11 is 1.61. The molecule has 3 aromatic carbocycles. The van der Waals surface area contributed by atoms with Gasteiger partial charge in [0.1, 0.15) is 0 Å². The van der Waals surface area contributed by atoms with Crippen molar-refractivity contribution in [2.45, 2.75) is 35.5 Å². The molecule has 1 saturated carbocycles. The number of fused-ring (bicyclic) bond motifs is 1. The number of rotatable bonds is 6. The Morgan fingerprint density at radius 3 is 2.18 bits per heavy atom. The third-order valence-corrected chi connectivity index (χ3v) is 7.74. The quantitative estimate of drug-likeness (QED) is 0.457. The normalized spacial score (nSPS) is 19.7. The van der Waals surface area contributed by atoms with Gasteiger partial charge in [-0.25, -0.2) is 0 Å². The topological polar surface area (TPSA) is 66.5 Å². The molecule has 5 rings (SSSR count). The Kier molecular flexibility index (Phi) is 6.50. The van der Waals surface area contributed by atoms with Gasteiger partial charge < -0.3 is 5.32 Å². The molecule has 1 aliphatic heterocycles. The van der Waals surface area contributed by atoms with Crippen LogP contribution in [-0.2, 0) is 4.79 Å². The predicted molar refractivity (Wildman–Crippen MR) is 133 cm³/mol. The van der Waals surface area contributed by atoms with Gasteiger partial charge >= 0.3 is 0 Å². The molecule has 3 amide bonds. The molecule has 1 N–H and O–H groups in total. The average molecular weight is 471 g/mol. The SMILES string of the molecule is O=C(Nc1ccccc1Sc1ccccc1)C1CCCCC1CN1C(=O)c2ccccc2C1=O. The molecule has 34 heavy (non-hydrogen) atoms. The lowest BCUT2D eigenvalue weighted by atomic mass is 9.78. The lowest BCUT2D eigenvalue weighted by Gasteiger charge is -2.33. The molecule has 0 bridgehead atoms. The van der Waals surface area contributed by atoms with Crippen LogP contribution in [0.5, 0.6) is 0 Å². The van der Waals surface area contributed by atoms with E-state index in [0.29, 0.717) is 11.1 Å². The fraction of sp³-hybridized carbons (Fsp3) is 0.250. The summed E-state index contributed by atoms with van der Waals surface area (Å²) in [7, 11) is 0. The zero-order valence-electron chi connectivity index (χ0n) is 18.8. The summed E-state index contributed by atoms with van der Waals surface area (Å²) in [6.45, 7) is 0.283. The highest BCUT2D eigenvalue weighted by atomic mass is 32.2. The number of nitrogens with one attached hydrogen (secondary N) is 1. The summed E-state index contributed by atoms with van der Waals surface area (Å²) in [5.41, 5.74) is 1.69. The standard InChI is InChI=1S/C28H26N2O3S/c31-26(29-24-16-8-9-17-25(24)34-20-11-2-1-3-12-20)21-13-5-4-10-19(21)18-30-27(32)22-14-6-7-15-23(22)28(30)33/h1-3,6-9,11-12,14-17,19,21H,4-5,10,13,18H2,(H,29,31). The molecule has 1 fully saturated rings. The number of carbonyl (C=O) groups is 3. The van der Waals surface area contributed by atoms with Crippen molar-refractivity contribution in [3.05, 3.63) is 90.0 Å². The van der Waals surface area contributed by atoms with E-state index in [0.717, 1.165) is 41.2 Å². The van der Waals surface area contributed by atoms with Gasteiger partial charge in [0.25, 0.3) is 11.8 Å². The van der Waals surface area contributed by atoms with Gasteiger partial charge in [0.2, 0.25) is 5.91 Å². The first-order valence-corrected chi connectivity index (χ1v) is 12.5. The smallest absolute Gasteiger partial charge is 0.261 e. The minimum atomic E-state index is -0.255. The molecule has 2 unspecified atom stereocenters. The Morgan fingerprint density at radius 2 is 1.44 bits per heavy atom. The number of anilines is 1. The van der Waals surface area contributed by atoms with Crippen molar-refractivity contribution in [2.75, 3.05) is 11.9 Å². The van der Waals surface area contributed by atoms with Crippen LogP contribution in [0.3, 0.4) is 0 Å². The Hall–Kier alpha value is -3.38. The van der Waals surface area contributed by atoms with Gasteiger partial charge in [-0.05, 0) is 55.2 Å². The van der Waals surface area contributed by atoms with Crippen molar-refractivity contribution in [3.8, 4) is 0 Å². The van der Waals surface area contributed by atoms with Crippen molar-refractivity contribution < 1.29 is 14.4 Å². The van der Waals surface area contributed by atoms with Crippen LogP contribution in [0, 0.1) is 11.8 Å². The maximum absolute atomic E-state index is 13.4. The number of para-hydroxylation sites is 1. The number of carbonyl (C=O) groups excluding carboxylic acids is 3. The minimum absolute atomic E-state index is 0.0394. The predicted octanol–water partition coefficient (Wildman–Crippen LogP) is 5.88. The molecule has 2 aliphatic rings.